The first kappa shape index (κ1) is 17.0. The Bertz CT molecular complexity index is 471. The summed E-state index contributed by atoms with van der Waals surface area (Å²) in [4.78, 5) is 26.7. The van der Waals surface area contributed by atoms with E-state index >= 15 is 0 Å². The summed E-state index contributed by atoms with van der Waals surface area (Å²) in [6, 6.07) is 1.88. The number of carbonyl (C=O) groups excluding carboxylic acids is 2. The second kappa shape index (κ2) is 7.09. The molecule has 7 nitrogen and oxygen atoms in total. The van der Waals surface area contributed by atoms with Crippen LogP contribution in [0.5, 0.6) is 0 Å². The first-order valence-corrected chi connectivity index (χ1v) is 6.84. The van der Waals surface area contributed by atoms with Crippen LogP contribution in [-0.4, -0.2) is 65.0 Å². The zero-order valence-electron chi connectivity index (χ0n) is 12.7. The first-order valence-electron chi connectivity index (χ1n) is 6.84. The van der Waals surface area contributed by atoms with E-state index in [-0.39, 0.29) is 24.0 Å². The topological polar surface area (TPSA) is 96.7 Å². The number of carbonyl (C=O) groups is 2. The van der Waals surface area contributed by atoms with Gasteiger partial charge in [-0.15, -0.1) is 0 Å². The number of nitrogens with zero attached hydrogens (tertiary/aromatic N) is 3. The molecule has 2 amide bonds. The van der Waals surface area contributed by atoms with Gasteiger partial charge in [0, 0.05) is 39.3 Å². The third-order valence-electron chi connectivity index (χ3n) is 3.37. The third kappa shape index (κ3) is 4.76. The summed E-state index contributed by atoms with van der Waals surface area (Å²) < 4.78 is 0. The van der Waals surface area contributed by atoms with Crippen molar-refractivity contribution < 1.29 is 14.7 Å². The lowest BCUT2D eigenvalue weighted by molar-refractivity contribution is -0.136. The Morgan fingerprint density at radius 1 is 1.29 bits per heavy atom. The average Bonchev–Trinajstić information content (AvgIpc) is 2.47. The second-order valence-electron chi connectivity index (χ2n) is 5.65. The predicted octanol–water partition coefficient (Wildman–Crippen LogP) is -0.555. The minimum atomic E-state index is -0.601. The van der Waals surface area contributed by atoms with E-state index in [9.17, 15) is 9.59 Å². The number of piperazine rings is 1. The zero-order chi connectivity index (χ0) is 16.0. The molecule has 1 aliphatic rings. The van der Waals surface area contributed by atoms with E-state index in [1.807, 2.05) is 6.07 Å². The second-order valence-corrected chi connectivity index (χ2v) is 5.65. The van der Waals surface area contributed by atoms with E-state index in [0.717, 1.165) is 0 Å². The molecule has 1 rings (SSSR count). The van der Waals surface area contributed by atoms with Crippen molar-refractivity contribution in [2.45, 2.75) is 26.3 Å². The van der Waals surface area contributed by atoms with Crippen LogP contribution < -0.4 is 5.32 Å². The standard InChI is InChI=1S/C14H22N4O3/c1-11(20)17-4-6-18(7-5-17)13(21)12(8-15)9-16-14(2,3)10-19/h9,16,19H,4-7,10H2,1-3H3/b12-9-. The molecule has 1 saturated heterocycles. The molecular weight excluding hydrogens is 272 g/mol. The number of hydrogen-bond acceptors (Lipinski definition) is 5. The van der Waals surface area contributed by atoms with Crippen LogP contribution in [0.3, 0.4) is 0 Å². The van der Waals surface area contributed by atoms with Gasteiger partial charge in [0.1, 0.15) is 11.6 Å². The molecule has 0 aromatic carbocycles. The molecule has 2 N–H and O–H groups in total. The molecule has 1 aliphatic heterocycles. The summed E-state index contributed by atoms with van der Waals surface area (Å²) in [6.45, 7) is 6.70. The van der Waals surface area contributed by atoms with Crippen LogP contribution in [-0.2, 0) is 9.59 Å². The highest BCUT2D eigenvalue weighted by Gasteiger charge is 2.25. The number of nitrogens with one attached hydrogen (secondary N) is 1. The molecule has 0 atom stereocenters. The minimum absolute atomic E-state index is 0.00667. The smallest absolute Gasteiger partial charge is 0.266 e. The van der Waals surface area contributed by atoms with Gasteiger partial charge in [-0.05, 0) is 13.8 Å². The Labute approximate surface area is 124 Å². The zero-order valence-corrected chi connectivity index (χ0v) is 12.7. The molecule has 0 bridgehead atoms. The fourth-order valence-electron chi connectivity index (χ4n) is 1.85. The van der Waals surface area contributed by atoms with Gasteiger partial charge in [0.2, 0.25) is 5.91 Å². The van der Waals surface area contributed by atoms with Gasteiger partial charge in [-0.25, -0.2) is 0 Å². The van der Waals surface area contributed by atoms with Crippen molar-refractivity contribution in [1.82, 2.24) is 15.1 Å². The van der Waals surface area contributed by atoms with Crippen molar-refractivity contribution in [1.29, 1.82) is 5.26 Å². The van der Waals surface area contributed by atoms with Crippen LogP contribution in [0.15, 0.2) is 11.8 Å². The molecule has 0 unspecified atom stereocenters. The van der Waals surface area contributed by atoms with E-state index in [1.54, 1.807) is 23.6 Å². The van der Waals surface area contributed by atoms with Crippen molar-refractivity contribution in [2.75, 3.05) is 32.8 Å². The molecule has 1 heterocycles. The lowest BCUT2D eigenvalue weighted by Gasteiger charge is -2.34. The van der Waals surface area contributed by atoms with Crippen molar-refractivity contribution in [3.63, 3.8) is 0 Å². The molecule has 116 valence electrons. The van der Waals surface area contributed by atoms with Crippen molar-refractivity contribution >= 4 is 11.8 Å². The summed E-state index contributed by atoms with van der Waals surface area (Å²) in [5.74, 6) is -0.369. The number of rotatable bonds is 4. The highest BCUT2D eigenvalue weighted by molar-refractivity contribution is 5.97. The predicted molar refractivity (Wildman–Crippen MR) is 76.8 cm³/mol. The summed E-state index contributed by atoms with van der Waals surface area (Å²) in [5.41, 5.74) is -0.608. The lowest BCUT2D eigenvalue weighted by Crippen LogP contribution is -2.50. The van der Waals surface area contributed by atoms with E-state index in [0.29, 0.717) is 26.2 Å². The number of aliphatic hydroxyl groups is 1. The molecule has 0 aromatic rings. The normalized spacial score (nSPS) is 16.4. The van der Waals surface area contributed by atoms with Crippen LogP contribution >= 0.6 is 0 Å². The maximum atomic E-state index is 12.2. The van der Waals surface area contributed by atoms with Gasteiger partial charge in [-0.3, -0.25) is 9.59 Å². The average molecular weight is 294 g/mol. The lowest BCUT2D eigenvalue weighted by atomic mass is 10.1. The summed E-state index contributed by atoms with van der Waals surface area (Å²) in [5, 5.41) is 21.1. The van der Waals surface area contributed by atoms with Gasteiger partial charge >= 0.3 is 0 Å². The van der Waals surface area contributed by atoms with Gasteiger partial charge in [0.15, 0.2) is 0 Å². The van der Waals surface area contributed by atoms with Crippen molar-refractivity contribution in [2.24, 2.45) is 0 Å². The quantitative estimate of drug-likeness (QED) is 0.535. The summed E-state index contributed by atoms with van der Waals surface area (Å²) in [7, 11) is 0. The van der Waals surface area contributed by atoms with Crippen LogP contribution in [0.25, 0.3) is 0 Å². The van der Waals surface area contributed by atoms with Gasteiger partial charge in [0.25, 0.3) is 5.91 Å². The molecule has 21 heavy (non-hydrogen) atoms. The number of hydrogen-bond donors (Lipinski definition) is 2. The number of nitriles is 1. The summed E-state index contributed by atoms with van der Waals surface area (Å²) >= 11 is 0. The van der Waals surface area contributed by atoms with Gasteiger partial charge in [0.05, 0.1) is 12.1 Å². The monoisotopic (exact) mass is 294 g/mol. The fourth-order valence-corrected chi connectivity index (χ4v) is 1.85. The SMILES string of the molecule is CC(=O)N1CCN(C(=O)/C(C#N)=C\NC(C)(C)CO)CC1. The third-order valence-corrected chi connectivity index (χ3v) is 3.37. The van der Waals surface area contributed by atoms with Crippen LogP contribution in [0, 0.1) is 11.3 Å². The molecular formula is C14H22N4O3. The van der Waals surface area contributed by atoms with E-state index in [1.165, 1.54) is 13.1 Å². The van der Waals surface area contributed by atoms with E-state index in [2.05, 4.69) is 5.32 Å². The van der Waals surface area contributed by atoms with Gasteiger partial charge in [-0.1, -0.05) is 0 Å². The maximum Gasteiger partial charge on any atom is 0.266 e. The Hall–Kier alpha value is -2.07. The van der Waals surface area contributed by atoms with E-state index < -0.39 is 5.54 Å². The molecule has 1 fully saturated rings. The largest absolute Gasteiger partial charge is 0.394 e. The Balaban J connectivity index is 2.67. The molecule has 0 aromatic heterocycles. The molecule has 0 radical (unpaired) electrons. The fraction of sp³-hybridized carbons (Fsp3) is 0.643. The van der Waals surface area contributed by atoms with Crippen LogP contribution in [0.4, 0.5) is 0 Å². The van der Waals surface area contributed by atoms with Crippen molar-refractivity contribution in [3.8, 4) is 6.07 Å². The van der Waals surface area contributed by atoms with Gasteiger partial charge < -0.3 is 20.2 Å². The van der Waals surface area contributed by atoms with Crippen molar-refractivity contribution in [3.05, 3.63) is 11.8 Å². The molecule has 0 spiro atoms. The maximum absolute atomic E-state index is 12.2. The molecule has 0 saturated carbocycles. The minimum Gasteiger partial charge on any atom is -0.394 e. The molecule has 7 heteroatoms. The van der Waals surface area contributed by atoms with Crippen LogP contribution in [0.1, 0.15) is 20.8 Å². The highest BCUT2D eigenvalue weighted by Crippen LogP contribution is 2.08. The number of amides is 2. The first-order chi connectivity index (χ1) is 9.80. The Morgan fingerprint density at radius 3 is 2.24 bits per heavy atom. The highest BCUT2D eigenvalue weighted by atomic mass is 16.3. The van der Waals surface area contributed by atoms with Gasteiger partial charge in [-0.2, -0.15) is 5.26 Å². The van der Waals surface area contributed by atoms with Crippen LogP contribution in [0.2, 0.25) is 0 Å². The Morgan fingerprint density at radius 2 is 1.81 bits per heavy atom. The molecule has 0 aliphatic carbocycles. The Kier molecular flexibility index (Phi) is 5.73. The van der Waals surface area contributed by atoms with E-state index in [4.69, 9.17) is 10.4 Å². The summed E-state index contributed by atoms with van der Waals surface area (Å²) in [6.07, 6.45) is 1.34. The number of aliphatic hydroxyl groups excluding tert-OH is 1.